The summed E-state index contributed by atoms with van der Waals surface area (Å²) in [4.78, 5) is 21.4. The van der Waals surface area contributed by atoms with Crippen LogP contribution in [0.25, 0.3) is 58.5 Å². The van der Waals surface area contributed by atoms with Gasteiger partial charge < -0.3 is 37.3 Å². The van der Waals surface area contributed by atoms with Gasteiger partial charge in [0.25, 0.3) is 0 Å². The molecule has 8 aromatic heterocycles. The quantitative estimate of drug-likeness (QED) is 0.0326. The molecule has 406 valence electrons. The summed E-state index contributed by atoms with van der Waals surface area (Å²) in [5.74, 6) is 0. The van der Waals surface area contributed by atoms with Crippen LogP contribution in [0.2, 0.25) is 32.7 Å². The summed E-state index contributed by atoms with van der Waals surface area (Å²) in [5.41, 5.74) is 5.34. The molecule has 0 aliphatic rings. The van der Waals surface area contributed by atoms with E-state index < -0.39 is 17.4 Å². The van der Waals surface area contributed by atoms with Crippen molar-refractivity contribution in [2.45, 2.75) is 86.5 Å². The summed E-state index contributed by atoms with van der Waals surface area (Å²) >= 11 is 15.0. The second-order valence-electron chi connectivity index (χ2n) is 19.2. The average Bonchev–Trinajstić information content (AvgIpc) is 4.22. The lowest BCUT2D eigenvalue weighted by atomic mass is 10.1. The highest BCUT2D eigenvalue weighted by Gasteiger charge is 2.20. The van der Waals surface area contributed by atoms with E-state index in [9.17, 15) is 0 Å². The van der Waals surface area contributed by atoms with E-state index in [0.29, 0.717) is 66.1 Å². The summed E-state index contributed by atoms with van der Waals surface area (Å²) in [6.45, 7) is 27.5. The van der Waals surface area contributed by atoms with Gasteiger partial charge in [-0.05, 0) is 168 Å². The van der Waals surface area contributed by atoms with Crippen molar-refractivity contribution in [3.05, 3.63) is 115 Å². The van der Waals surface area contributed by atoms with E-state index >= 15 is 0 Å². The molecule has 0 bridgehead atoms. The first-order valence-electron chi connectivity index (χ1n) is 25.5. The second kappa shape index (κ2) is 30.3. The summed E-state index contributed by atoms with van der Waals surface area (Å²) in [6, 6.07) is 27.4. The number of hydrogen-bond acceptors (Lipinski definition) is 16. The van der Waals surface area contributed by atoms with Crippen molar-refractivity contribution >= 4 is 108 Å². The Labute approximate surface area is 481 Å². The summed E-state index contributed by atoms with van der Waals surface area (Å²) in [5, 5.41) is 0. The van der Waals surface area contributed by atoms with Gasteiger partial charge in [0, 0.05) is 95.7 Å². The van der Waals surface area contributed by atoms with E-state index in [1.165, 1.54) is 100 Å². The van der Waals surface area contributed by atoms with Crippen LogP contribution in [0.5, 0.6) is 0 Å². The van der Waals surface area contributed by atoms with Crippen molar-refractivity contribution in [1.82, 2.24) is 0 Å². The van der Waals surface area contributed by atoms with Crippen LogP contribution in [0.1, 0.15) is 41.8 Å². The molecule has 0 aliphatic heterocycles. The maximum absolute atomic E-state index is 6.14. The molecule has 0 spiro atoms. The Morgan fingerprint density at radius 3 is 1.03 bits per heavy atom. The minimum Gasteiger partial charge on any atom is -0.420 e. The Hall–Kier alpha value is -2.29. The van der Waals surface area contributed by atoms with Crippen molar-refractivity contribution in [3.63, 3.8) is 0 Å². The minimum atomic E-state index is -1.48. The van der Waals surface area contributed by atoms with E-state index in [0.717, 1.165) is 26.1 Å². The van der Waals surface area contributed by atoms with Gasteiger partial charge in [0.1, 0.15) is 0 Å². The predicted octanol–water partition coefficient (Wildman–Crippen LogP) is 17.4. The largest absolute Gasteiger partial charge is 0.420 e. The van der Waals surface area contributed by atoms with Gasteiger partial charge in [-0.3, -0.25) is 0 Å². The SMILES string of the molecule is COCCOCCOCc1cc(C)sc1-c1ccc(-c2ccc(-c3sc(C)cc3COCCOCCOC)s2)s1.Cc1cc(CCO[SiH](C)C)c(-c2ccc(-c3ccc(-c4sc(C)cc4CCO[Si](C)(C)C)s3)s2)s1. The number of thiophene rings is 8. The molecular formula is C57H74O8S8Si2. The van der Waals surface area contributed by atoms with Crippen molar-refractivity contribution in [2.24, 2.45) is 0 Å². The van der Waals surface area contributed by atoms with Crippen LogP contribution < -0.4 is 0 Å². The van der Waals surface area contributed by atoms with Crippen LogP contribution in [-0.4, -0.2) is 97.6 Å². The van der Waals surface area contributed by atoms with Gasteiger partial charge in [-0.1, -0.05) is 0 Å². The lowest BCUT2D eigenvalue weighted by Gasteiger charge is -2.16. The summed E-state index contributed by atoms with van der Waals surface area (Å²) in [6.07, 6.45) is 1.99. The molecule has 0 atom stereocenters. The Bertz CT molecular complexity index is 2840. The van der Waals surface area contributed by atoms with Gasteiger partial charge >= 0.3 is 0 Å². The fraction of sp³-hybridized carbons (Fsp3) is 0.439. The van der Waals surface area contributed by atoms with Crippen LogP contribution in [0.15, 0.2) is 72.8 Å². The van der Waals surface area contributed by atoms with Crippen molar-refractivity contribution in [1.29, 1.82) is 0 Å². The molecule has 75 heavy (non-hydrogen) atoms. The molecule has 18 heteroatoms. The maximum atomic E-state index is 6.14. The van der Waals surface area contributed by atoms with Crippen molar-refractivity contribution in [3.8, 4) is 58.5 Å². The molecule has 0 amide bonds. The fourth-order valence-corrected chi connectivity index (χ4v) is 18.3. The normalized spacial score (nSPS) is 11.9. The first kappa shape index (κ1) is 60.4. The molecule has 8 nitrogen and oxygen atoms in total. The topological polar surface area (TPSA) is 73.8 Å². The Morgan fingerprint density at radius 2 is 0.680 bits per heavy atom. The van der Waals surface area contributed by atoms with Crippen LogP contribution in [-0.2, 0) is 63.3 Å². The molecule has 8 heterocycles. The Kier molecular flexibility index (Phi) is 24.4. The van der Waals surface area contributed by atoms with Gasteiger partial charge in [0.2, 0.25) is 0 Å². The Balaban J connectivity index is 0.000000221. The monoisotopic (exact) mass is 1200 g/mol. The van der Waals surface area contributed by atoms with E-state index in [4.69, 9.17) is 37.3 Å². The van der Waals surface area contributed by atoms with Gasteiger partial charge in [0.15, 0.2) is 17.4 Å². The highest BCUT2D eigenvalue weighted by Crippen LogP contribution is 2.47. The number of aryl methyl sites for hydroxylation is 4. The van der Waals surface area contributed by atoms with Crippen molar-refractivity contribution < 1.29 is 37.3 Å². The number of ether oxygens (including phenoxy) is 6. The van der Waals surface area contributed by atoms with E-state index in [2.05, 4.69) is 133 Å². The summed E-state index contributed by atoms with van der Waals surface area (Å²) in [7, 11) is 0.905. The zero-order chi connectivity index (χ0) is 53.3. The third-order valence-corrected chi connectivity index (χ3v) is 23.2. The number of methoxy groups -OCH3 is 2. The van der Waals surface area contributed by atoms with Crippen LogP contribution >= 0.6 is 90.7 Å². The first-order valence-corrected chi connectivity index (χ1v) is 38.2. The molecule has 0 unspecified atom stereocenters. The van der Waals surface area contributed by atoms with Gasteiger partial charge in [-0.25, -0.2) is 0 Å². The minimum absolute atomic E-state index is 0.573. The summed E-state index contributed by atoms with van der Waals surface area (Å²) < 4.78 is 45.0. The Morgan fingerprint density at radius 1 is 0.373 bits per heavy atom. The molecular weight excluding hydrogens is 1130 g/mol. The molecule has 0 N–H and O–H groups in total. The highest BCUT2D eigenvalue weighted by atomic mass is 32.1. The first-order chi connectivity index (χ1) is 36.2. The molecule has 0 fully saturated rings. The third kappa shape index (κ3) is 18.6. The van der Waals surface area contributed by atoms with Crippen LogP contribution in [0.3, 0.4) is 0 Å². The van der Waals surface area contributed by atoms with Crippen LogP contribution in [0, 0.1) is 27.7 Å². The maximum Gasteiger partial charge on any atom is 0.183 e. The molecule has 8 aromatic rings. The lowest BCUT2D eigenvalue weighted by Crippen LogP contribution is -2.26. The van der Waals surface area contributed by atoms with Crippen LogP contribution in [0.4, 0.5) is 0 Å². The predicted molar refractivity (Wildman–Crippen MR) is 334 cm³/mol. The zero-order valence-corrected chi connectivity index (χ0v) is 54.1. The lowest BCUT2D eigenvalue weighted by molar-refractivity contribution is 0.0201. The van der Waals surface area contributed by atoms with E-state index in [-0.39, 0.29) is 0 Å². The molecule has 8 rings (SSSR count). The van der Waals surface area contributed by atoms with Crippen molar-refractivity contribution in [2.75, 3.05) is 80.3 Å². The van der Waals surface area contributed by atoms with E-state index in [1.807, 2.05) is 90.7 Å². The molecule has 0 saturated heterocycles. The van der Waals surface area contributed by atoms with Gasteiger partial charge in [-0.2, -0.15) is 0 Å². The highest BCUT2D eigenvalue weighted by molar-refractivity contribution is 7.29. The fourth-order valence-electron chi connectivity index (χ4n) is 8.02. The molecule has 0 aliphatic carbocycles. The standard InChI is InChI=1S/C30H38O6S4.C27H36O2S4Si2/c1-21-17-23(19-35-15-13-33-11-9-31-3)29(37-21)27-7-5-25(39-27)26-6-8-28(40-26)30-24(18-22(2)38-30)20-36-16-14-34-12-10-32-4;1-18-16-20(12-14-28-34(3)4)26(30-18)24-10-8-22(32-24)23-9-11-25(33-23)27-21(17-19(2)31-27)13-15-29-35(5,6)7/h5-8,17-18H,9-16,19-20H2,1-4H3;8-11,16-17,34H,12-15H2,1-7H3. The molecule has 0 aromatic carbocycles. The number of rotatable bonds is 30. The second-order valence-corrected chi connectivity index (χ2v) is 35.5. The van der Waals surface area contributed by atoms with E-state index in [1.54, 1.807) is 14.2 Å². The zero-order valence-electron chi connectivity index (χ0n) is 45.4. The smallest absolute Gasteiger partial charge is 0.183 e. The molecule has 0 radical (unpaired) electrons. The average molecular weight is 1200 g/mol. The van der Waals surface area contributed by atoms with Gasteiger partial charge in [-0.15, -0.1) is 90.7 Å². The van der Waals surface area contributed by atoms with Gasteiger partial charge in [0.05, 0.1) is 75.8 Å². The molecule has 0 saturated carbocycles. The number of hydrogen-bond donors (Lipinski definition) is 0. The third-order valence-electron chi connectivity index (χ3n) is 11.4.